The second-order valence-corrected chi connectivity index (χ2v) is 2.05. The summed E-state index contributed by atoms with van der Waals surface area (Å²) < 4.78 is 5.21. The topological polar surface area (TPSA) is 9.23 Å². The van der Waals surface area contributed by atoms with Gasteiger partial charge in [0.15, 0.2) is 0 Å². The van der Waals surface area contributed by atoms with Crippen molar-refractivity contribution in [2.45, 2.75) is 13.5 Å². The summed E-state index contributed by atoms with van der Waals surface area (Å²) >= 11 is 0. The molecule has 0 aliphatic rings. The van der Waals surface area contributed by atoms with Gasteiger partial charge in [-0.3, -0.25) is 0 Å². The van der Waals surface area contributed by atoms with Crippen LogP contribution in [0, 0.1) is 6.07 Å². The predicted octanol–water partition coefficient (Wildman–Crippen LogP) is 0.839. The zero-order valence-electron chi connectivity index (χ0n) is 6.84. The van der Waals surface area contributed by atoms with Crippen molar-refractivity contribution in [2.24, 2.45) is 0 Å². The quantitative estimate of drug-likeness (QED) is 0.737. The fourth-order valence-electron chi connectivity index (χ4n) is 0.738. The summed E-state index contributed by atoms with van der Waals surface area (Å²) in [6, 6.07) is 10.8. The average Bonchev–Trinajstić information content (AvgIpc) is 2.03. The van der Waals surface area contributed by atoms with Crippen molar-refractivity contribution in [3.8, 4) is 0 Å². The summed E-state index contributed by atoms with van der Waals surface area (Å²) in [5.41, 5.74) is 1.21. The fraction of sp³-hybridized carbons (Fsp3) is 0.333. The Morgan fingerprint density at radius 2 is 2.00 bits per heavy atom. The van der Waals surface area contributed by atoms with Crippen LogP contribution in [0.5, 0.6) is 0 Å². The molecule has 0 bridgehead atoms. The van der Waals surface area contributed by atoms with Crippen molar-refractivity contribution in [3.63, 3.8) is 0 Å². The van der Waals surface area contributed by atoms with E-state index in [4.69, 9.17) is 4.74 Å². The molecular formula is C9H14BiO. The maximum absolute atomic E-state index is 5.21. The van der Waals surface area contributed by atoms with Crippen LogP contribution in [-0.2, 0) is 11.3 Å². The summed E-state index contributed by atoms with van der Waals surface area (Å²) in [5, 5.41) is 0. The van der Waals surface area contributed by atoms with Crippen molar-refractivity contribution in [1.29, 1.82) is 0 Å². The summed E-state index contributed by atoms with van der Waals surface area (Å²) in [4.78, 5) is 0. The molecule has 11 heavy (non-hydrogen) atoms. The zero-order chi connectivity index (χ0) is 7.23. The van der Waals surface area contributed by atoms with Gasteiger partial charge in [-0.25, -0.2) is 0 Å². The van der Waals surface area contributed by atoms with E-state index >= 15 is 0 Å². The predicted molar refractivity (Wildman–Crippen MR) is 50.5 cm³/mol. The molecule has 1 nitrogen and oxygen atoms in total. The minimum atomic E-state index is 0. The van der Waals surface area contributed by atoms with Gasteiger partial charge in [0.05, 0.1) is 6.61 Å². The molecule has 0 aromatic heterocycles. The molecule has 0 aliphatic carbocycles. The Balaban J connectivity index is 0.000001000. The van der Waals surface area contributed by atoms with E-state index in [0.29, 0.717) is 6.61 Å². The Labute approximate surface area is 86.9 Å². The third-order valence-corrected chi connectivity index (χ3v) is 1.26. The van der Waals surface area contributed by atoms with Gasteiger partial charge in [0.25, 0.3) is 0 Å². The van der Waals surface area contributed by atoms with Crippen LogP contribution in [0.1, 0.15) is 12.5 Å². The van der Waals surface area contributed by atoms with E-state index in [9.17, 15) is 0 Å². The first-order chi connectivity index (χ1) is 4.93. The van der Waals surface area contributed by atoms with Crippen LogP contribution in [0.25, 0.3) is 0 Å². The first kappa shape index (κ1) is 11.1. The van der Waals surface area contributed by atoms with E-state index in [0.717, 1.165) is 6.61 Å². The summed E-state index contributed by atoms with van der Waals surface area (Å²) in [6.07, 6.45) is 0. The Hall–Kier alpha value is 0.0631. The molecule has 0 atom stereocenters. The van der Waals surface area contributed by atoms with Crippen LogP contribution >= 0.6 is 0 Å². The molecule has 0 fully saturated rings. The van der Waals surface area contributed by atoms with Crippen molar-refractivity contribution < 1.29 is 4.74 Å². The van der Waals surface area contributed by atoms with Gasteiger partial charge >= 0.3 is 26.2 Å². The molecule has 0 unspecified atom stereocenters. The van der Waals surface area contributed by atoms with Crippen molar-refractivity contribution >= 4 is 26.2 Å². The third kappa shape index (κ3) is 4.50. The van der Waals surface area contributed by atoms with Gasteiger partial charge in [-0.1, -0.05) is 24.3 Å². The van der Waals surface area contributed by atoms with Gasteiger partial charge in [0.2, 0.25) is 0 Å². The molecule has 61 valence electrons. The number of benzene rings is 1. The van der Waals surface area contributed by atoms with Gasteiger partial charge in [0, 0.05) is 6.61 Å². The molecule has 0 amide bonds. The summed E-state index contributed by atoms with van der Waals surface area (Å²) in [7, 11) is 0. The van der Waals surface area contributed by atoms with Crippen molar-refractivity contribution in [3.05, 3.63) is 35.9 Å². The monoisotopic (exact) mass is 347 g/mol. The maximum atomic E-state index is 5.21. The van der Waals surface area contributed by atoms with Crippen LogP contribution in [0.4, 0.5) is 0 Å². The molecule has 1 rings (SSSR count). The van der Waals surface area contributed by atoms with Gasteiger partial charge in [-0.15, -0.1) is 0 Å². The van der Waals surface area contributed by atoms with Crippen molar-refractivity contribution in [2.75, 3.05) is 6.61 Å². The summed E-state index contributed by atoms with van der Waals surface area (Å²) in [6.45, 7) is 3.48. The second kappa shape index (κ2) is 6.75. The molecule has 0 N–H and O–H groups in total. The average molecular weight is 347 g/mol. The van der Waals surface area contributed by atoms with Gasteiger partial charge in [-0.2, -0.15) is 0 Å². The number of ether oxygens (including phenoxy) is 1. The van der Waals surface area contributed by atoms with E-state index in [-0.39, 0.29) is 26.2 Å². The molecule has 0 aliphatic heterocycles. The third-order valence-electron chi connectivity index (χ3n) is 1.26. The molecule has 0 spiro atoms. The first-order valence-corrected chi connectivity index (χ1v) is 3.46. The Kier molecular flexibility index (Phi) is 6.79. The first-order valence-electron chi connectivity index (χ1n) is 3.46. The van der Waals surface area contributed by atoms with Crippen LogP contribution in [0.2, 0.25) is 0 Å². The number of hydrogen-bond donors (Lipinski definition) is 0. The fourth-order valence-corrected chi connectivity index (χ4v) is 0.738. The Morgan fingerprint density at radius 1 is 1.36 bits per heavy atom. The van der Waals surface area contributed by atoms with E-state index in [1.165, 1.54) is 5.56 Å². The van der Waals surface area contributed by atoms with Crippen molar-refractivity contribution in [1.82, 2.24) is 0 Å². The molecule has 1 aromatic rings. The second-order valence-electron chi connectivity index (χ2n) is 2.05. The molecule has 0 saturated carbocycles. The Bertz CT molecular complexity index is 174. The van der Waals surface area contributed by atoms with Crippen LogP contribution in [-0.4, -0.2) is 32.8 Å². The molecule has 0 saturated heterocycles. The molecule has 1 radical (unpaired) electrons. The van der Waals surface area contributed by atoms with E-state index in [1.807, 2.05) is 31.2 Å². The van der Waals surface area contributed by atoms with Crippen LogP contribution < -0.4 is 0 Å². The van der Waals surface area contributed by atoms with E-state index < -0.39 is 0 Å². The molecule has 1 aromatic carbocycles. The minimum absolute atomic E-state index is 0. The Morgan fingerprint density at radius 3 is 2.55 bits per heavy atom. The molecular weight excluding hydrogens is 333 g/mol. The zero-order valence-corrected chi connectivity index (χ0v) is 12.3. The normalized spacial score (nSPS) is 8.82. The number of rotatable bonds is 3. The van der Waals surface area contributed by atoms with Gasteiger partial charge < -0.3 is 4.74 Å². The number of hydrogen-bond acceptors (Lipinski definition) is 1. The van der Waals surface area contributed by atoms with Crippen LogP contribution in [0.3, 0.4) is 0 Å². The van der Waals surface area contributed by atoms with Gasteiger partial charge in [0.1, 0.15) is 0 Å². The summed E-state index contributed by atoms with van der Waals surface area (Å²) in [5.74, 6) is 0. The van der Waals surface area contributed by atoms with Crippen LogP contribution in [0.15, 0.2) is 24.3 Å². The van der Waals surface area contributed by atoms with Gasteiger partial charge in [-0.05, 0) is 18.6 Å². The SMILES string of the molecule is CCOCc1cc[c]cc1.[BiH3]. The molecule has 0 heterocycles. The molecule has 2 heteroatoms. The van der Waals surface area contributed by atoms with E-state index in [2.05, 4.69) is 6.07 Å². The standard InChI is InChI=1S/C9H11O.Bi.3H/c1-2-10-8-9-6-4-3-5-7-9;;;;/h4-7H,2,8H2,1H3;;;;. The van der Waals surface area contributed by atoms with E-state index in [1.54, 1.807) is 0 Å².